The second-order valence-corrected chi connectivity index (χ2v) is 4.39. The standard InChI is InChI=1S/C10H12INO3/c11-7-2-1-3-8(4-7)12-6-9(13)5-10(14)15/h1-4,9,12-13H,5-6H2,(H,14,15). The third-order valence-corrected chi connectivity index (χ3v) is 2.45. The van der Waals surface area contributed by atoms with Crippen LogP contribution in [0.15, 0.2) is 24.3 Å². The minimum Gasteiger partial charge on any atom is -0.481 e. The molecule has 0 bridgehead atoms. The molecule has 0 heterocycles. The lowest BCUT2D eigenvalue weighted by atomic mass is 10.2. The van der Waals surface area contributed by atoms with Gasteiger partial charge in [-0.05, 0) is 40.8 Å². The van der Waals surface area contributed by atoms with Crippen molar-refractivity contribution in [2.45, 2.75) is 12.5 Å². The fraction of sp³-hybridized carbons (Fsp3) is 0.300. The molecule has 0 saturated heterocycles. The fourth-order valence-corrected chi connectivity index (χ4v) is 1.65. The number of aliphatic hydroxyl groups excluding tert-OH is 1. The Balaban J connectivity index is 2.40. The van der Waals surface area contributed by atoms with Gasteiger partial charge in [-0.15, -0.1) is 0 Å². The second-order valence-electron chi connectivity index (χ2n) is 3.14. The summed E-state index contributed by atoms with van der Waals surface area (Å²) in [7, 11) is 0. The van der Waals surface area contributed by atoms with E-state index >= 15 is 0 Å². The predicted octanol–water partition coefficient (Wildman–Crippen LogP) is 1.54. The highest BCUT2D eigenvalue weighted by molar-refractivity contribution is 14.1. The van der Waals surface area contributed by atoms with Gasteiger partial charge in [-0.1, -0.05) is 6.07 Å². The zero-order valence-corrected chi connectivity index (χ0v) is 10.1. The molecule has 1 rings (SSSR count). The van der Waals surface area contributed by atoms with E-state index in [9.17, 15) is 9.90 Å². The van der Waals surface area contributed by atoms with Crippen molar-refractivity contribution in [2.75, 3.05) is 11.9 Å². The molecule has 1 atom stereocenters. The molecule has 1 unspecified atom stereocenters. The lowest BCUT2D eigenvalue weighted by Gasteiger charge is -2.10. The van der Waals surface area contributed by atoms with Gasteiger partial charge in [0.2, 0.25) is 0 Å². The average Bonchev–Trinajstić information content (AvgIpc) is 2.14. The number of anilines is 1. The summed E-state index contributed by atoms with van der Waals surface area (Å²) in [5, 5.41) is 20.7. The van der Waals surface area contributed by atoms with E-state index in [-0.39, 0.29) is 13.0 Å². The van der Waals surface area contributed by atoms with E-state index in [1.807, 2.05) is 24.3 Å². The van der Waals surface area contributed by atoms with Crippen molar-refractivity contribution in [3.63, 3.8) is 0 Å². The highest BCUT2D eigenvalue weighted by Gasteiger charge is 2.08. The molecule has 0 saturated carbocycles. The summed E-state index contributed by atoms with van der Waals surface area (Å²) in [5.41, 5.74) is 0.881. The Hall–Kier alpha value is -0.820. The Morgan fingerprint density at radius 3 is 2.87 bits per heavy atom. The number of aliphatic carboxylic acids is 1. The molecule has 3 N–H and O–H groups in total. The molecule has 0 spiro atoms. The molecular weight excluding hydrogens is 309 g/mol. The first-order chi connectivity index (χ1) is 7.08. The molecule has 0 aliphatic rings. The van der Waals surface area contributed by atoms with Crippen LogP contribution in [0.5, 0.6) is 0 Å². The van der Waals surface area contributed by atoms with Crippen LogP contribution in [0, 0.1) is 3.57 Å². The number of carboxylic acids is 1. The van der Waals surface area contributed by atoms with E-state index in [1.54, 1.807) is 0 Å². The quantitative estimate of drug-likeness (QED) is 0.720. The number of aliphatic hydroxyl groups is 1. The van der Waals surface area contributed by atoms with Crippen LogP contribution in [-0.4, -0.2) is 28.8 Å². The number of rotatable bonds is 5. The Morgan fingerprint density at radius 1 is 1.53 bits per heavy atom. The number of carbonyl (C=O) groups is 1. The molecule has 1 aromatic carbocycles. The summed E-state index contributed by atoms with van der Waals surface area (Å²) in [6.07, 6.45) is -1.10. The molecule has 5 heteroatoms. The first-order valence-electron chi connectivity index (χ1n) is 4.47. The third kappa shape index (κ3) is 4.98. The van der Waals surface area contributed by atoms with Gasteiger partial charge in [0.1, 0.15) is 0 Å². The molecule has 0 radical (unpaired) electrons. The summed E-state index contributed by atoms with van der Waals surface area (Å²) in [6, 6.07) is 7.65. The molecule has 0 amide bonds. The van der Waals surface area contributed by atoms with Crippen molar-refractivity contribution in [1.29, 1.82) is 0 Å². The van der Waals surface area contributed by atoms with Gasteiger partial charge in [0.05, 0.1) is 12.5 Å². The van der Waals surface area contributed by atoms with Crippen LogP contribution in [0.3, 0.4) is 0 Å². The number of nitrogens with one attached hydrogen (secondary N) is 1. The molecule has 4 nitrogen and oxygen atoms in total. The SMILES string of the molecule is O=C(O)CC(O)CNc1cccc(I)c1. The highest BCUT2D eigenvalue weighted by atomic mass is 127. The lowest BCUT2D eigenvalue weighted by molar-refractivity contribution is -0.138. The Bertz CT molecular complexity index is 343. The van der Waals surface area contributed by atoms with E-state index in [2.05, 4.69) is 27.9 Å². The van der Waals surface area contributed by atoms with Crippen LogP contribution >= 0.6 is 22.6 Å². The van der Waals surface area contributed by atoms with Crippen LogP contribution in [0.1, 0.15) is 6.42 Å². The maximum absolute atomic E-state index is 10.3. The van der Waals surface area contributed by atoms with Gasteiger partial charge in [-0.25, -0.2) is 0 Å². The van der Waals surface area contributed by atoms with Gasteiger partial charge >= 0.3 is 5.97 Å². The van der Waals surface area contributed by atoms with Crippen molar-refractivity contribution < 1.29 is 15.0 Å². The maximum atomic E-state index is 10.3. The van der Waals surface area contributed by atoms with Crippen molar-refractivity contribution in [1.82, 2.24) is 0 Å². The number of carboxylic acid groups (broad SMARTS) is 1. The van der Waals surface area contributed by atoms with E-state index in [1.165, 1.54) is 0 Å². The molecular formula is C10H12INO3. The maximum Gasteiger partial charge on any atom is 0.306 e. The largest absolute Gasteiger partial charge is 0.481 e. The minimum absolute atomic E-state index is 0.239. The predicted molar refractivity (Wildman–Crippen MR) is 65.9 cm³/mol. The first kappa shape index (κ1) is 12.3. The third-order valence-electron chi connectivity index (χ3n) is 1.78. The lowest BCUT2D eigenvalue weighted by Crippen LogP contribution is -2.22. The Labute approximate surface area is 101 Å². The number of benzene rings is 1. The minimum atomic E-state index is -0.994. The molecule has 15 heavy (non-hydrogen) atoms. The van der Waals surface area contributed by atoms with Crippen molar-refractivity contribution in [3.05, 3.63) is 27.8 Å². The van der Waals surface area contributed by atoms with Gasteiger partial charge in [0.15, 0.2) is 0 Å². The van der Waals surface area contributed by atoms with Gasteiger partial charge < -0.3 is 15.5 Å². The zero-order chi connectivity index (χ0) is 11.3. The Morgan fingerprint density at radius 2 is 2.27 bits per heavy atom. The summed E-state index contributed by atoms with van der Waals surface area (Å²) in [4.78, 5) is 10.3. The molecule has 0 aliphatic carbocycles. The van der Waals surface area contributed by atoms with Gasteiger partial charge in [-0.3, -0.25) is 4.79 Å². The van der Waals surface area contributed by atoms with Crippen molar-refractivity contribution >= 4 is 34.2 Å². The molecule has 0 aliphatic heterocycles. The van der Waals surface area contributed by atoms with Gasteiger partial charge in [0.25, 0.3) is 0 Å². The highest BCUT2D eigenvalue weighted by Crippen LogP contribution is 2.12. The summed E-state index contributed by atoms with van der Waals surface area (Å²) in [6.45, 7) is 0.242. The van der Waals surface area contributed by atoms with Crippen LogP contribution in [-0.2, 0) is 4.79 Å². The molecule has 0 aromatic heterocycles. The van der Waals surface area contributed by atoms with E-state index in [4.69, 9.17) is 5.11 Å². The topological polar surface area (TPSA) is 69.6 Å². The van der Waals surface area contributed by atoms with E-state index < -0.39 is 12.1 Å². The fourth-order valence-electron chi connectivity index (χ4n) is 1.11. The van der Waals surface area contributed by atoms with E-state index in [0.29, 0.717) is 0 Å². The molecule has 82 valence electrons. The van der Waals surface area contributed by atoms with Crippen molar-refractivity contribution in [3.8, 4) is 0 Å². The summed E-state index contributed by atoms with van der Waals surface area (Å²) >= 11 is 2.19. The second kappa shape index (κ2) is 5.92. The van der Waals surface area contributed by atoms with Gasteiger partial charge in [0, 0.05) is 15.8 Å². The van der Waals surface area contributed by atoms with Crippen LogP contribution in [0.4, 0.5) is 5.69 Å². The summed E-state index contributed by atoms with van der Waals surface area (Å²) < 4.78 is 1.09. The monoisotopic (exact) mass is 321 g/mol. The first-order valence-corrected chi connectivity index (χ1v) is 5.55. The van der Waals surface area contributed by atoms with Crippen molar-refractivity contribution in [2.24, 2.45) is 0 Å². The molecule has 0 fully saturated rings. The average molecular weight is 321 g/mol. The molecule has 1 aromatic rings. The van der Waals surface area contributed by atoms with Crippen LogP contribution < -0.4 is 5.32 Å². The number of halogens is 1. The van der Waals surface area contributed by atoms with Crippen LogP contribution in [0.25, 0.3) is 0 Å². The number of hydrogen-bond donors (Lipinski definition) is 3. The smallest absolute Gasteiger partial charge is 0.306 e. The van der Waals surface area contributed by atoms with E-state index in [0.717, 1.165) is 9.26 Å². The van der Waals surface area contributed by atoms with Crippen LogP contribution in [0.2, 0.25) is 0 Å². The normalized spacial score (nSPS) is 12.1. The Kier molecular flexibility index (Phi) is 4.83. The summed E-state index contributed by atoms with van der Waals surface area (Å²) in [5.74, 6) is -0.994. The number of hydrogen-bond acceptors (Lipinski definition) is 3. The van der Waals surface area contributed by atoms with Gasteiger partial charge in [-0.2, -0.15) is 0 Å². The zero-order valence-electron chi connectivity index (χ0n) is 7.98.